The van der Waals surface area contributed by atoms with Gasteiger partial charge in [-0.3, -0.25) is 14.9 Å². The number of nitrogens with two attached hydrogens (primary N) is 1. The molecule has 0 aliphatic rings. The predicted octanol–water partition coefficient (Wildman–Crippen LogP) is 0.292. The maximum absolute atomic E-state index is 11.9. The van der Waals surface area contributed by atoms with E-state index in [0.29, 0.717) is 5.69 Å². The smallest absolute Gasteiger partial charge is 0.300 e. The van der Waals surface area contributed by atoms with Gasteiger partial charge in [-0.15, -0.1) is 0 Å². The lowest BCUT2D eigenvalue weighted by Crippen LogP contribution is -2.24. The second-order valence-electron chi connectivity index (χ2n) is 3.78. The Bertz CT molecular complexity index is 646. The molecule has 0 aromatic carbocycles. The summed E-state index contributed by atoms with van der Waals surface area (Å²) in [7, 11) is 0. The van der Waals surface area contributed by atoms with Gasteiger partial charge in [0.1, 0.15) is 17.6 Å². The summed E-state index contributed by atoms with van der Waals surface area (Å²) in [6, 6.07) is 4.49. The molecule has 9 heteroatoms. The number of nitro groups is 1. The van der Waals surface area contributed by atoms with Gasteiger partial charge < -0.3 is 11.1 Å². The maximum Gasteiger partial charge on any atom is 0.300 e. The molecule has 0 saturated heterocycles. The Morgan fingerprint density at radius 3 is 2.95 bits per heavy atom. The lowest BCUT2D eigenvalue weighted by Gasteiger charge is -2.05. The molecule has 0 saturated carbocycles. The Kier molecular flexibility index (Phi) is 3.80. The zero-order chi connectivity index (χ0) is 14.5. The van der Waals surface area contributed by atoms with Gasteiger partial charge in [-0.05, 0) is 18.2 Å². The van der Waals surface area contributed by atoms with E-state index in [0.717, 1.165) is 12.3 Å². The molecule has 2 heterocycles. The molecule has 1 amide bonds. The van der Waals surface area contributed by atoms with Gasteiger partial charge in [0.15, 0.2) is 0 Å². The topological polar surface area (TPSA) is 137 Å². The number of carbonyl (C=O) groups excluding carboxylic acids is 1. The van der Waals surface area contributed by atoms with E-state index in [9.17, 15) is 14.9 Å². The van der Waals surface area contributed by atoms with Crippen LogP contribution in [0, 0.1) is 10.1 Å². The third-order valence-corrected chi connectivity index (χ3v) is 2.40. The van der Waals surface area contributed by atoms with Gasteiger partial charge in [-0.1, -0.05) is 0 Å². The average Bonchev–Trinajstić information content (AvgIpc) is 2.45. The average molecular weight is 274 g/mol. The first-order valence-electron chi connectivity index (χ1n) is 5.52. The van der Waals surface area contributed by atoms with Crippen LogP contribution in [-0.2, 0) is 6.54 Å². The van der Waals surface area contributed by atoms with Crippen molar-refractivity contribution in [3.63, 3.8) is 0 Å². The third-order valence-electron chi connectivity index (χ3n) is 2.40. The Morgan fingerprint density at radius 1 is 1.50 bits per heavy atom. The molecule has 0 bridgehead atoms. The van der Waals surface area contributed by atoms with Crippen LogP contribution in [0.5, 0.6) is 0 Å². The number of rotatable bonds is 4. The summed E-state index contributed by atoms with van der Waals surface area (Å²) >= 11 is 0. The van der Waals surface area contributed by atoms with E-state index in [2.05, 4.69) is 20.5 Å². The minimum atomic E-state index is -0.691. The molecule has 0 radical (unpaired) electrons. The largest absolute Gasteiger partial charge is 0.384 e. The lowest BCUT2D eigenvalue weighted by molar-refractivity contribution is -0.385. The van der Waals surface area contributed by atoms with Crippen molar-refractivity contribution in [2.24, 2.45) is 0 Å². The van der Waals surface area contributed by atoms with Gasteiger partial charge in [0.05, 0.1) is 17.2 Å². The quantitative estimate of drug-likeness (QED) is 0.603. The molecule has 0 spiro atoms. The SMILES string of the molecule is Nc1cc(C(=O)NCc2cccnn2)c([N+](=O)[O-])cn1. The molecule has 2 rings (SSSR count). The Hall–Kier alpha value is -3.10. The van der Waals surface area contributed by atoms with Gasteiger partial charge in [0.25, 0.3) is 11.6 Å². The van der Waals surface area contributed by atoms with Crippen LogP contribution < -0.4 is 11.1 Å². The molecule has 2 aromatic rings. The Morgan fingerprint density at radius 2 is 2.30 bits per heavy atom. The number of amides is 1. The molecule has 0 aliphatic carbocycles. The molecular weight excluding hydrogens is 264 g/mol. The molecule has 0 fully saturated rings. The highest BCUT2D eigenvalue weighted by Crippen LogP contribution is 2.18. The Labute approximate surface area is 113 Å². The lowest BCUT2D eigenvalue weighted by atomic mass is 10.2. The minimum absolute atomic E-state index is 0.0280. The maximum atomic E-state index is 11.9. The number of aromatic nitrogens is 3. The molecule has 9 nitrogen and oxygen atoms in total. The van der Waals surface area contributed by atoms with Crippen molar-refractivity contribution in [2.45, 2.75) is 6.54 Å². The number of nitrogens with zero attached hydrogens (tertiary/aromatic N) is 4. The van der Waals surface area contributed by atoms with E-state index < -0.39 is 16.5 Å². The fourth-order valence-corrected chi connectivity index (χ4v) is 1.49. The van der Waals surface area contributed by atoms with Gasteiger partial charge in [-0.2, -0.15) is 10.2 Å². The first-order valence-corrected chi connectivity index (χ1v) is 5.52. The number of nitrogen functional groups attached to an aromatic ring is 1. The van der Waals surface area contributed by atoms with E-state index in [1.807, 2.05) is 0 Å². The van der Waals surface area contributed by atoms with Crippen LogP contribution in [0.15, 0.2) is 30.6 Å². The highest BCUT2D eigenvalue weighted by molar-refractivity contribution is 5.98. The van der Waals surface area contributed by atoms with Gasteiger partial charge >= 0.3 is 0 Å². The number of nitrogens with one attached hydrogen (secondary N) is 1. The number of pyridine rings is 1. The molecule has 102 valence electrons. The van der Waals surface area contributed by atoms with Crippen molar-refractivity contribution in [2.75, 3.05) is 5.73 Å². The van der Waals surface area contributed by atoms with Crippen molar-refractivity contribution in [3.05, 3.63) is 52.0 Å². The van der Waals surface area contributed by atoms with Gasteiger partial charge in [0, 0.05) is 6.20 Å². The third kappa shape index (κ3) is 3.02. The van der Waals surface area contributed by atoms with E-state index in [-0.39, 0.29) is 17.9 Å². The van der Waals surface area contributed by atoms with Gasteiger partial charge in [-0.25, -0.2) is 4.98 Å². The summed E-state index contributed by atoms with van der Waals surface area (Å²) in [5.41, 5.74) is 5.42. The first kappa shape index (κ1) is 13.3. The van der Waals surface area contributed by atoms with Crippen LogP contribution in [0.4, 0.5) is 11.5 Å². The Balaban J connectivity index is 2.17. The van der Waals surface area contributed by atoms with Crippen LogP contribution >= 0.6 is 0 Å². The minimum Gasteiger partial charge on any atom is -0.384 e. The number of hydrogen-bond donors (Lipinski definition) is 2. The molecule has 0 unspecified atom stereocenters. The van der Waals surface area contributed by atoms with E-state index in [4.69, 9.17) is 5.73 Å². The number of anilines is 1. The van der Waals surface area contributed by atoms with E-state index in [1.54, 1.807) is 12.1 Å². The molecule has 3 N–H and O–H groups in total. The van der Waals surface area contributed by atoms with Crippen molar-refractivity contribution in [1.29, 1.82) is 0 Å². The van der Waals surface area contributed by atoms with Crippen molar-refractivity contribution >= 4 is 17.4 Å². The zero-order valence-electron chi connectivity index (χ0n) is 10.2. The van der Waals surface area contributed by atoms with Gasteiger partial charge in [0.2, 0.25) is 0 Å². The molecule has 0 aliphatic heterocycles. The van der Waals surface area contributed by atoms with Crippen LogP contribution in [-0.4, -0.2) is 26.0 Å². The van der Waals surface area contributed by atoms with Crippen molar-refractivity contribution < 1.29 is 9.72 Å². The predicted molar refractivity (Wildman–Crippen MR) is 68.5 cm³/mol. The summed E-state index contributed by atoms with van der Waals surface area (Å²) in [6.07, 6.45) is 2.45. The highest BCUT2D eigenvalue weighted by Gasteiger charge is 2.21. The number of carbonyl (C=O) groups is 1. The zero-order valence-corrected chi connectivity index (χ0v) is 10.2. The molecule has 0 atom stereocenters. The molecule has 2 aromatic heterocycles. The van der Waals surface area contributed by atoms with E-state index in [1.165, 1.54) is 6.20 Å². The van der Waals surface area contributed by atoms with Crippen LogP contribution in [0.2, 0.25) is 0 Å². The number of hydrogen-bond acceptors (Lipinski definition) is 7. The van der Waals surface area contributed by atoms with E-state index >= 15 is 0 Å². The van der Waals surface area contributed by atoms with Crippen LogP contribution in [0.1, 0.15) is 16.1 Å². The highest BCUT2D eigenvalue weighted by atomic mass is 16.6. The second kappa shape index (κ2) is 5.69. The molecule has 20 heavy (non-hydrogen) atoms. The van der Waals surface area contributed by atoms with Crippen LogP contribution in [0.25, 0.3) is 0 Å². The monoisotopic (exact) mass is 274 g/mol. The second-order valence-corrected chi connectivity index (χ2v) is 3.78. The van der Waals surface area contributed by atoms with Crippen LogP contribution in [0.3, 0.4) is 0 Å². The summed E-state index contributed by atoms with van der Waals surface area (Å²) < 4.78 is 0. The summed E-state index contributed by atoms with van der Waals surface area (Å²) in [5.74, 6) is -0.600. The fourth-order valence-electron chi connectivity index (χ4n) is 1.49. The van der Waals surface area contributed by atoms with Crippen molar-refractivity contribution in [3.8, 4) is 0 Å². The standard InChI is InChI=1S/C11H10N6O3/c12-10-4-8(9(6-13-10)17(19)20)11(18)14-5-7-2-1-3-15-16-7/h1-4,6H,5H2,(H2,12,13)(H,14,18). The molecular formula is C11H10N6O3. The fraction of sp³-hybridized carbons (Fsp3) is 0.0909. The summed E-state index contributed by atoms with van der Waals surface area (Å²) in [6.45, 7) is 0.103. The summed E-state index contributed by atoms with van der Waals surface area (Å²) in [4.78, 5) is 25.7. The first-order chi connectivity index (χ1) is 9.58. The van der Waals surface area contributed by atoms with Crippen molar-refractivity contribution in [1.82, 2.24) is 20.5 Å². The summed E-state index contributed by atoms with van der Waals surface area (Å²) in [5, 5.41) is 20.8. The normalized spacial score (nSPS) is 10.0.